The Kier molecular flexibility index (Phi) is 7.13. The number of hydroxylamine groups is 1. The first kappa shape index (κ1) is 26.7. The van der Waals surface area contributed by atoms with Gasteiger partial charge in [0.25, 0.3) is 12.0 Å². The molecule has 1 aliphatic rings. The Labute approximate surface area is 210 Å². The molecule has 38 heavy (non-hydrogen) atoms. The Morgan fingerprint density at radius 1 is 1.05 bits per heavy atom. The van der Waals surface area contributed by atoms with E-state index < -0.39 is 48.5 Å². The van der Waals surface area contributed by atoms with E-state index in [1.54, 1.807) is 43.3 Å². The Bertz CT molecular complexity index is 1490. The second-order valence-corrected chi connectivity index (χ2v) is 8.31. The Balaban J connectivity index is 1.61. The number of hydrogen-bond donors (Lipinski definition) is 1. The van der Waals surface area contributed by atoms with E-state index in [1.807, 2.05) is 0 Å². The van der Waals surface area contributed by atoms with Crippen LogP contribution in [0, 0.1) is 6.92 Å². The van der Waals surface area contributed by atoms with Crippen molar-refractivity contribution in [2.24, 2.45) is 5.73 Å². The number of alkyl halides is 3. The quantitative estimate of drug-likeness (QED) is 0.479. The minimum Gasteiger partial charge on any atom is -0.327 e. The molecule has 0 atom stereocenters. The molecule has 4 rings (SSSR count). The zero-order valence-corrected chi connectivity index (χ0v) is 19.6. The van der Waals surface area contributed by atoms with Crippen LogP contribution >= 0.6 is 0 Å². The smallest absolute Gasteiger partial charge is 0.327 e. The highest BCUT2D eigenvalue weighted by molar-refractivity contribution is 5.98. The Morgan fingerprint density at radius 2 is 1.74 bits per heavy atom. The minimum absolute atomic E-state index is 0.0676. The molecule has 0 bridgehead atoms. The maximum Gasteiger partial charge on any atom is 0.493 e. The largest absolute Gasteiger partial charge is 0.493 e. The first-order chi connectivity index (χ1) is 17.9. The van der Waals surface area contributed by atoms with Gasteiger partial charge < -0.3 is 10.6 Å². The van der Waals surface area contributed by atoms with E-state index in [4.69, 9.17) is 5.73 Å². The SMILES string of the molecule is Cc1cc(-c2ccc(-n3nnn(CC(CN)=C(F)F)c3=O)cc2)cc2c1N(OC(=O)C(F)(F)F)C(=O)CC2. The van der Waals surface area contributed by atoms with Crippen molar-refractivity contribution in [2.75, 3.05) is 11.6 Å². The summed E-state index contributed by atoms with van der Waals surface area (Å²) in [5.41, 5.74) is 6.63. The summed E-state index contributed by atoms with van der Waals surface area (Å²) < 4.78 is 65.5. The number of carbonyl (C=O) groups is 2. The lowest BCUT2D eigenvalue weighted by atomic mass is 9.93. The fourth-order valence-corrected chi connectivity index (χ4v) is 3.91. The predicted molar refractivity (Wildman–Crippen MR) is 122 cm³/mol. The number of nitrogens with two attached hydrogens (primary N) is 1. The second kappa shape index (κ2) is 10.2. The van der Waals surface area contributed by atoms with Gasteiger partial charge in [0.2, 0.25) is 0 Å². The van der Waals surface area contributed by atoms with Gasteiger partial charge in [0.05, 0.1) is 17.9 Å². The zero-order chi connectivity index (χ0) is 27.8. The molecule has 200 valence electrons. The summed E-state index contributed by atoms with van der Waals surface area (Å²) in [7, 11) is 0. The number of tetrazole rings is 1. The average Bonchev–Trinajstić information content (AvgIpc) is 3.23. The van der Waals surface area contributed by atoms with E-state index in [1.165, 1.54) is 0 Å². The topological polar surface area (TPSA) is 125 Å². The van der Waals surface area contributed by atoms with Crippen molar-refractivity contribution >= 4 is 17.6 Å². The van der Waals surface area contributed by atoms with Crippen LogP contribution in [0.5, 0.6) is 0 Å². The molecule has 3 aromatic rings. The van der Waals surface area contributed by atoms with Crippen molar-refractivity contribution in [1.82, 2.24) is 19.8 Å². The highest BCUT2D eigenvalue weighted by Gasteiger charge is 2.44. The lowest BCUT2D eigenvalue weighted by Gasteiger charge is -2.29. The van der Waals surface area contributed by atoms with Gasteiger partial charge in [-0.15, -0.1) is 5.06 Å². The van der Waals surface area contributed by atoms with Gasteiger partial charge in [-0.3, -0.25) is 4.79 Å². The molecule has 2 N–H and O–H groups in total. The molecule has 2 aromatic carbocycles. The monoisotopic (exact) mass is 538 g/mol. The molecule has 0 aliphatic carbocycles. The number of benzene rings is 2. The molecule has 2 heterocycles. The summed E-state index contributed by atoms with van der Waals surface area (Å²) in [5.74, 6) is -3.29. The van der Waals surface area contributed by atoms with Gasteiger partial charge in [0.1, 0.15) is 0 Å². The van der Waals surface area contributed by atoms with Crippen molar-refractivity contribution in [3.05, 3.63) is 69.7 Å². The third-order valence-corrected chi connectivity index (χ3v) is 5.76. The van der Waals surface area contributed by atoms with Crippen LogP contribution < -0.4 is 16.5 Å². The van der Waals surface area contributed by atoms with Crippen LogP contribution in [-0.4, -0.2) is 44.4 Å². The van der Waals surface area contributed by atoms with E-state index in [-0.39, 0.29) is 18.5 Å². The molecule has 10 nitrogen and oxygen atoms in total. The van der Waals surface area contributed by atoms with Crippen molar-refractivity contribution in [2.45, 2.75) is 32.5 Å². The highest BCUT2D eigenvalue weighted by atomic mass is 19.4. The van der Waals surface area contributed by atoms with Crippen molar-refractivity contribution in [3.8, 4) is 16.8 Å². The third kappa shape index (κ3) is 5.18. The van der Waals surface area contributed by atoms with E-state index in [9.17, 15) is 36.3 Å². The molecule has 0 saturated carbocycles. The molecule has 1 aliphatic heterocycles. The van der Waals surface area contributed by atoms with Gasteiger partial charge in [0.15, 0.2) is 0 Å². The van der Waals surface area contributed by atoms with E-state index in [0.29, 0.717) is 33.0 Å². The minimum atomic E-state index is -5.27. The fourth-order valence-electron chi connectivity index (χ4n) is 3.91. The lowest BCUT2D eigenvalue weighted by molar-refractivity contribution is -0.201. The normalized spacial score (nSPS) is 13.3. The highest BCUT2D eigenvalue weighted by Crippen LogP contribution is 2.36. The summed E-state index contributed by atoms with van der Waals surface area (Å²) in [4.78, 5) is 40.5. The molecule has 1 aromatic heterocycles. The lowest BCUT2D eigenvalue weighted by Crippen LogP contribution is -2.41. The van der Waals surface area contributed by atoms with Crippen LogP contribution in [0.15, 0.2) is 52.8 Å². The van der Waals surface area contributed by atoms with Gasteiger partial charge in [-0.2, -0.15) is 31.3 Å². The van der Waals surface area contributed by atoms with E-state index in [0.717, 1.165) is 9.36 Å². The number of fused-ring (bicyclic) bond motifs is 1. The first-order valence-corrected chi connectivity index (χ1v) is 11.0. The maximum atomic E-state index is 12.9. The number of hydrogen-bond acceptors (Lipinski definition) is 7. The number of rotatable bonds is 6. The van der Waals surface area contributed by atoms with E-state index >= 15 is 0 Å². The van der Waals surface area contributed by atoms with Crippen LogP contribution in [0.3, 0.4) is 0 Å². The van der Waals surface area contributed by atoms with Crippen LogP contribution in [-0.2, 0) is 27.4 Å². The van der Waals surface area contributed by atoms with Gasteiger partial charge in [-0.25, -0.2) is 9.59 Å². The van der Waals surface area contributed by atoms with Crippen LogP contribution in [0.25, 0.3) is 16.8 Å². The van der Waals surface area contributed by atoms with Crippen molar-refractivity contribution in [3.63, 3.8) is 0 Å². The molecule has 0 saturated heterocycles. The van der Waals surface area contributed by atoms with E-state index in [2.05, 4.69) is 15.3 Å². The molecule has 15 heteroatoms. The molecular formula is C23H19F5N6O4. The van der Waals surface area contributed by atoms with Crippen LogP contribution in [0.4, 0.5) is 27.6 Å². The number of halogens is 5. The van der Waals surface area contributed by atoms with Gasteiger partial charge in [0, 0.05) is 18.5 Å². The molecule has 0 fully saturated rings. The third-order valence-electron chi connectivity index (χ3n) is 5.76. The fraction of sp³-hybridized carbons (Fsp3) is 0.261. The summed E-state index contributed by atoms with van der Waals surface area (Å²) in [6.07, 6.45) is -7.21. The number of anilines is 1. The Hall–Kier alpha value is -4.40. The summed E-state index contributed by atoms with van der Waals surface area (Å²) in [6, 6.07) is 9.64. The number of aryl methyl sites for hydroxylation is 2. The molecule has 1 amide bonds. The van der Waals surface area contributed by atoms with Gasteiger partial charge in [-0.1, -0.05) is 12.1 Å². The van der Waals surface area contributed by atoms with Crippen molar-refractivity contribution < 1.29 is 36.4 Å². The molecule has 0 radical (unpaired) electrons. The van der Waals surface area contributed by atoms with Crippen LogP contribution in [0.1, 0.15) is 17.5 Å². The summed E-state index contributed by atoms with van der Waals surface area (Å²) in [5, 5.41) is 7.70. The molecule has 0 spiro atoms. The van der Waals surface area contributed by atoms with Crippen LogP contribution in [0.2, 0.25) is 0 Å². The molecular weight excluding hydrogens is 519 g/mol. The predicted octanol–water partition coefficient (Wildman–Crippen LogP) is 2.81. The summed E-state index contributed by atoms with van der Waals surface area (Å²) >= 11 is 0. The van der Waals surface area contributed by atoms with Gasteiger partial charge >= 0.3 is 17.8 Å². The maximum absolute atomic E-state index is 12.9. The average molecular weight is 538 g/mol. The number of carbonyl (C=O) groups excluding carboxylic acids is 2. The number of aromatic nitrogens is 4. The molecule has 0 unspecified atom stereocenters. The van der Waals surface area contributed by atoms with Gasteiger partial charge in [-0.05, 0) is 70.3 Å². The number of nitrogens with zero attached hydrogens (tertiary/aromatic N) is 5. The zero-order valence-electron chi connectivity index (χ0n) is 19.6. The second-order valence-electron chi connectivity index (χ2n) is 8.31. The summed E-state index contributed by atoms with van der Waals surface area (Å²) in [6.45, 7) is 0.598. The Morgan fingerprint density at radius 3 is 2.34 bits per heavy atom. The van der Waals surface area contributed by atoms with Crippen molar-refractivity contribution in [1.29, 1.82) is 0 Å². The first-order valence-electron chi connectivity index (χ1n) is 11.0. The number of amides is 1. The standard InChI is InChI=1S/C23H19F5N6O4/c1-12-8-15(9-14-4-7-18(35)34(19(12)14)38-21(36)23(26,27)28)13-2-5-17(6-3-13)33-22(37)32(30-31-33)11-16(10-29)20(24)25/h2-3,5-6,8-9H,4,7,10-11,29H2,1H3.